The third-order valence-corrected chi connectivity index (χ3v) is 6.42. The molecule has 0 saturated carbocycles. The Morgan fingerprint density at radius 1 is 1.00 bits per heavy atom. The van der Waals surface area contributed by atoms with Crippen molar-refractivity contribution in [1.82, 2.24) is 10.6 Å². The molecule has 3 N–H and O–H groups in total. The van der Waals surface area contributed by atoms with Gasteiger partial charge in [0.2, 0.25) is 5.91 Å². The summed E-state index contributed by atoms with van der Waals surface area (Å²) in [6, 6.07) is 15.3. The molecule has 188 valence electrons. The molecule has 0 aliphatic heterocycles. The Morgan fingerprint density at radius 2 is 1.60 bits per heavy atom. The molecule has 2 amide bonds. The highest BCUT2D eigenvalue weighted by molar-refractivity contribution is 5.86. The van der Waals surface area contributed by atoms with Crippen LogP contribution in [0.25, 0.3) is 11.1 Å². The SMILES string of the molecule is CCOC(CNC(=O)[C@@H](NC(=O)OCC1c2ccccc2-c2ccccc21)C(C)CC)CC(=O)O. The maximum atomic E-state index is 12.9. The van der Waals surface area contributed by atoms with Crippen molar-refractivity contribution in [3.8, 4) is 11.1 Å². The van der Waals surface area contributed by atoms with Gasteiger partial charge in [-0.3, -0.25) is 9.59 Å². The van der Waals surface area contributed by atoms with Crippen molar-refractivity contribution >= 4 is 18.0 Å². The van der Waals surface area contributed by atoms with Crippen LogP contribution < -0.4 is 10.6 Å². The number of carbonyl (C=O) groups excluding carboxylic acids is 2. The average Bonchev–Trinajstić information content (AvgIpc) is 3.17. The molecule has 3 atom stereocenters. The molecule has 8 nitrogen and oxygen atoms in total. The maximum absolute atomic E-state index is 12.9. The second-order valence-corrected chi connectivity index (χ2v) is 8.75. The van der Waals surface area contributed by atoms with Crippen molar-refractivity contribution < 1.29 is 29.0 Å². The smallest absolute Gasteiger partial charge is 0.407 e. The number of nitrogens with one attached hydrogen (secondary N) is 2. The van der Waals surface area contributed by atoms with Crippen molar-refractivity contribution in [2.24, 2.45) is 5.92 Å². The van der Waals surface area contributed by atoms with Crippen molar-refractivity contribution in [3.63, 3.8) is 0 Å². The van der Waals surface area contributed by atoms with Gasteiger partial charge in [0.1, 0.15) is 12.6 Å². The first-order valence-electron chi connectivity index (χ1n) is 12.1. The summed E-state index contributed by atoms with van der Waals surface area (Å²) in [7, 11) is 0. The number of rotatable bonds is 12. The lowest BCUT2D eigenvalue weighted by atomic mass is 9.98. The van der Waals surface area contributed by atoms with Crippen LogP contribution in [0, 0.1) is 5.92 Å². The molecule has 0 aromatic heterocycles. The minimum Gasteiger partial charge on any atom is -0.481 e. The molecule has 2 aromatic carbocycles. The van der Waals surface area contributed by atoms with E-state index in [0.717, 1.165) is 22.3 Å². The fourth-order valence-corrected chi connectivity index (χ4v) is 4.41. The van der Waals surface area contributed by atoms with Crippen molar-refractivity contribution in [3.05, 3.63) is 59.7 Å². The number of fused-ring (bicyclic) bond motifs is 3. The van der Waals surface area contributed by atoms with Crippen LogP contribution in [-0.4, -0.2) is 55.0 Å². The summed E-state index contributed by atoms with van der Waals surface area (Å²) in [5.74, 6) is -1.64. The molecule has 0 spiro atoms. The lowest BCUT2D eigenvalue weighted by Gasteiger charge is -2.25. The number of hydrogen-bond acceptors (Lipinski definition) is 5. The Hall–Kier alpha value is -3.39. The molecular formula is C27H34N2O6. The zero-order valence-corrected chi connectivity index (χ0v) is 20.5. The van der Waals surface area contributed by atoms with Crippen LogP contribution in [0.3, 0.4) is 0 Å². The minimum absolute atomic E-state index is 0.0400. The number of carbonyl (C=O) groups is 3. The van der Waals surface area contributed by atoms with E-state index in [0.29, 0.717) is 13.0 Å². The Labute approximate surface area is 206 Å². The fraction of sp³-hybridized carbons (Fsp3) is 0.444. The van der Waals surface area contributed by atoms with E-state index in [1.807, 2.05) is 50.2 Å². The molecule has 0 radical (unpaired) electrons. The fourth-order valence-electron chi connectivity index (χ4n) is 4.41. The molecule has 1 aliphatic rings. The summed E-state index contributed by atoms with van der Waals surface area (Å²) < 4.78 is 11.0. The summed E-state index contributed by atoms with van der Waals surface area (Å²) >= 11 is 0. The van der Waals surface area contributed by atoms with Crippen molar-refractivity contribution in [2.75, 3.05) is 19.8 Å². The third-order valence-electron chi connectivity index (χ3n) is 6.42. The van der Waals surface area contributed by atoms with Crippen LogP contribution in [0.5, 0.6) is 0 Å². The zero-order valence-electron chi connectivity index (χ0n) is 20.5. The van der Waals surface area contributed by atoms with Gasteiger partial charge in [0, 0.05) is 19.1 Å². The Morgan fingerprint density at radius 3 is 2.14 bits per heavy atom. The van der Waals surface area contributed by atoms with E-state index < -0.39 is 30.1 Å². The molecule has 35 heavy (non-hydrogen) atoms. The van der Waals surface area contributed by atoms with Gasteiger partial charge in [-0.2, -0.15) is 0 Å². The molecule has 3 rings (SSSR count). The standard InChI is InChI=1S/C27H34N2O6/c1-4-17(3)25(26(32)28-15-18(34-5-2)14-24(30)31)29-27(33)35-16-23-21-12-8-6-10-19(21)20-11-7-9-13-22(20)23/h6-13,17-18,23,25H,4-5,14-16H2,1-3H3,(H,28,32)(H,29,33)(H,30,31)/t17?,18?,25-/m0/s1. The highest BCUT2D eigenvalue weighted by atomic mass is 16.5. The van der Waals surface area contributed by atoms with Crippen molar-refractivity contribution in [2.45, 2.75) is 51.7 Å². The van der Waals surface area contributed by atoms with Crippen LogP contribution in [0.1, 0.15) is 50.7 Å². The Balaban J connectivity index is 1.62. The lowest BCUT2D eigenvalue weighted by Crippen LogP contribution is -2.52. The number of aliphatic carboxylic acids is 1. The molecule has 0 heterocycles. The van der Waals surface area contributed by atoms with E-state index in [9.17, 15) is 14.4 Å². The molecule has 2 aromatic rings. The minimum atomic E-state index is -1.01. The summed E-state index contributed by atoms with van der Waals surface area (Å²) in [5, 5.41) is 14.5. The predicted octanol–water partition coefficient (Wildman–Crippen LogP) is 3.94. The monoisotopic (exact) mass is 482 g/mol. The third kappa shape index (κ3) is 6.60. The van der Waals surface area contributed by atoms with Gasteiger partial charge in [0.05, 0.1) is 12.5 Å². The first kappa shape index (κ1) is 26.2. The Kier molecular flexibility index (Phi) is 9.25. The highest BCUT2D eigenvalue weighted by Gasteiger charge is 2.31. The molecule has 8 heteroatoms. The van der Waals surface area contributed by atoms with Crippen LogP contribution in [0.4, 0.5) is 4.79 Å². The first-order chi connectivity index (χ1) is 16.8. The lowest BCUT2D eigenvalue weighted by molar-refractivity contribution is -0.140. The number of carboxylic acids is 1. The van der Waals surface area contributed by atoms with Gasteiger partial charge in [0.15, 0.2) is 0 Å². The van der Waals surface area contributed by atoms with Gasteiger partial charge in [-0.05, 0) is 35.1 Å². The summed E-state index contributed by atoms with van der Waals surface area (Å²) in [6.07, 6.45) is -0.874. The molecule has 1 aliphatic carbocycles. The summed E-state index contributed by atoms with van der Waals surface area (Å²) in [6.45, 7) is 6.08. The highest BCUT2D eigenvalue weighted by Crippen LogP contribution is 2.44. The van der Waals surface area contributed by atoms with E-state index in [1.54, 1.807) is 6.92 Å². The van der Waals surface area contributed by atoms with Crippen molar-refractivity contribution in [1.29, 1.82) is 0 Å². The van der Waals surface area contributed by atoms with Crippen LogP contribution in [-0.2, 0) is 19.1 Å². The van der Waals surface area contributed by atoms with Gasteiger partial charge in [-0.1, -0.05) is 68.8 Å². The van der Waals surface area contributed by atoms with Gasteiger partial charge in [0.25, 0.3) is 0 Å². The number of ether oxygens (including phenoxy) is 2. The van der Waals surface area contributed by atoms with Crippen LogP contribution in [0.15, 0.2) is 48.5 Å². The molecule has 0 fully saturated rings. The molecule has 2 unspecified atom stereocenters. The zero-order chi connectivity index (χ0) is 25.4. The van der Waals surface area contributed by atoms with E-state index >= 15 is 0 Å². The van der Waals surface area contributed by atoms with Gasteiger partial charge in [-0.15, -0.1) is 0 Å². The number of alkyl carbamates (subject to hydrolysis) is 1. The van der Waals surface area contributed by atoms with E-state index in [-0.39, 0.29) is 31.4 Å². The first-order valence-corrected chi connectivity index (χ1v) is 12.1. The second-order valence-electron chi connectivity index (χ2n) is 8.75. The van der Waals surface area contributed by atoms with Gasteiger partial charge in [-0.25, -0.2) is 4.79 Å². The van der Waals surface area contributed by atoms with Gasteiger partial charge < -0.3 is 25.2 Å². The quantitative estimate of drug-likeness (QED) is 0.422. The molecule has 0 bridgehead atoms. The largest absolute Gasteiger partial charge is 0.481 e. The number of hydrogen-bond donors (Lipinski definition) is 3. The topological polar surface area (TPSA) is 114 Å². The number of amides is 2. The maximum Gasteiger partial charge on any atom is 0.407 e. The number of benzene rings is 2. The van der Waals surface area contributed by atoms with E-state index in [1.165, 1.54) is 0 Å². The second kappa shape index (κ2) is 12.4. The average molecular weight is 483 g/mol. The normalized spacial score (nSPS) is 14.8. The van der Waals surface area contributed by atoms with Gasteiger partial charge >= 0.3 is 12.1 Å². The van der Waals surface area contributed by atoms with Crippen LogP contribution >= 0.6 is 0 Å². The summed E-state index contributed by atoms with van der Waals surface area (Å²) in [5.41, 5.74) is 4.49. The molecule has 0 saturated heterocycles. The number of carboxylic acid groups (broad SMARTS) is 1. The molecular weight excluding hydrogens is 448 g/mol. The van der Waals surface area contributed by atoms with E-state index in [4.69, 9.17) is 14.6 Å². The summed E-state index contributed by atoms with van der Waals surface area (Å²) in [4.78, 5) is 36.6. The van der Waals surface area contributed by atoms with E-state index in [2.05, 4.69) is 22.8 Å². The van der Waals surface area contributed by atoms with Crippen LogP contribution in [0.2, 0.25) is 0 Å². The predicted molar refractivity (Wildman–Crippen MR) is 132 cm³/mol. The Bertz CT molecular complexity index is 994.